The van der Waals surface area contributed by atoms with Gasteiger partial charge in [0.05, 0.1) is 17.5 Å². The Morgan fingerprint density at radius 1 is 1.24 bits per heavy atom. The molecule has 0 radical (unpaired) electrons. The molecule has 3 aromatic rings. The van der Waals surface area contributed by atoms with Gasteiger partial charge in [-0.15, -0.1) is 0 Å². The van der Waals surface area contributed by atoms with E-state index in [4.69, 9.17) is 4.52 Å². The van der Waals surface area contributed by atoms with Gasteiger partial charge in [-0.05, 0) is 12.1 Å². The van der Waals surface area contributed by atoms with E-state index in [1.165, 1.54) is 0 Å². The van der Waals surface area contributed by atoms with E-state index in [1.54, 1.807) is 17.1 Å². The van der Waals surface area contributed by atoms with Crippen molar-refractivity contribution in [2.75, 3.05) is 0 Å². The van der Waals surface area contributed by atoms with Crippen LogP contribution in [0.1, 0.15) is 26.6 Å². The summed E-state index contributed by atoms with van der Waals surface area (Å²) in [7, 11) is 1.87. The SMILES string of the molecule is Cn1cc(-c2ncccc2-c2nc(C(C)(C)C)no2)cn1. The van der Waals surface area contributed by atoms with Crippen molar-refractivity contribution in [3.8, 4) is 22.7 Å². The van der Waals surface area contributed by atoms with Crippen LogP contribution in [-0.4, -0.2) is 24.9 Å². The second-order valence-corrected chi connectivity index (χ2v) is 5.98. The average Bonchev–Trinajstić information content (AvgIpc) is 3.06. The van der Waals surface area contributed by atoms with Crippen LogP contribution in [-0.2, 0) is 12.5 Å². The summed E-state index contributed by atoms with van der Waals surface area (Å²) in [4.78, 5) is 8.93. The first-order chi connectivity index (χ1) is 9.95. The highest BCUT2D eigenvalue weighted by Gasteiger charge is 2.23. The van der Waals surface area contributed by atoms with Crippen molar-refractivity contribution in [3.63, 3.8) is 0 Å². The predicted octanol–water partition coefficient (Wildman–Crippen LogP) is 2.83. The van der Waals surface area contributed by atoms with Crippen LogP contribution in [0.4, 0.5) is 0 Å². The van der Waals surface area contributed by atoms with Gasteiger partial charge in [0.15, 0.2) is 5.82 Å². The number of hydrogen-bond donors (Lipinski definition) is 0. The quantitative estimate of drug-likeness (QED) is 0.723. The zero-order valence-electron chi connectivity index (χ0n) is 12.5. The van der Waals surface area contributed by atoms with Crippen molar-refractivity contribution < 1.29 is 4.52 Å². The van der Waals surface area contributed by atoms with E-state index < -0.39 is 0 Å². The van der Waals surface area contributed by atoms with Gasteiger partial charge in [-0.1, -0.05) is 25.9 Å². The monoisotopic (exact) mass is 283 g/mol. The van der Waals surface area contributed by atoms with Gasteiger partial charge in [-0.3, -0.25) is 9.67 Å². The molecule has 3 rings (SSSR count). The number of nitrogens with zero attached hydrogens (tertiary/aromatic N) is 5. The van der Waals surface area contributed by atoms with E-state index in [2.05, 4.69) is 20.2 Å². The molecule has 0 saturated carbocycles. The second-order valence-electron chi connectivity index (χ2n) is 5.98. The van der Waals surface area contributed by atoms with E-state index in [0.29, 0.717) is 11.7 Å². The zero-order chi connectivity index (χ0) is 15.0. The van der Waals surface area contributed by atoms with E-state index in [0.717, 1.165) is 16.8 Å². The summed E-state index contributed by atoms with van der Waals surface area (Å²) in [6, 6.07) is 3.78. The fourth-order valence-corrected chi connectivity index (χ4v) is 1.99. The topological polar surface area (TPSA) is 69.6 Å². The molecule has 6 heteroatoms. The van der Waals surface area contributed by atoms with Crippen LogP contribution < -0.4 is 0 Å². The van der Waals surface area contributed by atoms with E-state index in [-0.39, 0.29) is 5.41 Å². The standard InChI is InChI=1S/C15H17N5O/c1-15(2,3)14-18-13(21-19-14)11-6-5-7-16-12(11)10-8-17-20(4)9-10/h5-9H,1-4H3. The Labute approximate surface area is 122 Å². The Morgan fingerprint density at radius 3 is 2.67 bits per heavy atom. The van der Waals surface area contributed by atoms with Gasteiger partial charge in [-0.2, -0.15) is 10.1 Å². The molecule has 0 aliphatic heterocycles. The Morgan fingerprint density at radius 2 is 2.05 bits per heavy atom. The summed E-state index contributed by atoms with van der Waals surface area (Å²) >= 11 is 0. The maximum Gasteiger partial charge on any atom is 0.260 e. The van der Waals surface area contributed by atoms with Crippen LogP contribution in [0.25, 0.3) is 22.7 Å². The largest absolute Gasteiger partial charge is 0.334 e. The Kier molecular flexibility index (Phi) is 3.08. The molecule has 0 aromatic carbocycles. The van der Waals surface area contributed by atoms with E-state index in [1.807, 2.05) is 46.1 Å². The van der Waals surface area contributed by atoms with Crippen LogP contribution in [0, 0.1) is 0 Å². The molecule has 108 valence electrons. The molecule has 0 unspecified atom stereocenters. The second kappa shape index (κ2) is 4.80. The lowest BCUT2D eigenvalue weighted by Crippen LogP contribution is -2.13. The molecule has 0 atom stereocenters. The van der Waals surface area contributed by atoms with E-state index >= 15 is 0 Å². The van der Waals surface area contributed by atoms with Crippen molar-refractivity contribution in [1.29, 1.82) is 0 Å². The third-order valence-corrected chi connectivity index (χ3v) is 3.11. The highest BCUT2D eigenvalue weighted by Crippen LogP contribution is 2.30. The summed E-state index contributed by atoms with van der Waals surface area (Å²) < 4.78 is 7.16. The molecule has 0 N–H and O–H groups in total. The van der Waals surface area contributed by atoms with Gasteiger partial charge >= 0.3 is 0 Å². The fourth-order valence-electron chi connectivity index (χ4n) is 1.99. The molecule has 0 saturated heterocycles. The first kappa shape index (κ1) is 13.5. The third-order valence-electron chi connectivity index (χ3n) is 3.11. The molecule has 3 aromatic heterocycles. The van der Waals surface area contributed by atoms with Crippen LogP contribution >= 0.6 is 0 Å². The van der Waals surface area contributed by atoms with Gasteiger partial charge in [0, 0.05) is 30.4 Å². The highest BCUT2D eigenvalue weighted by molar-refractivity contribution is 5.75. The maximum atomic E-state index is 5.42. The molecule has 0 aliphatic rings. The molecule has 3 heterocycles. The van der Waals surface area contributed by atoms with Crippen molar-refractivity contribution in [2.24, 2.45) is 7.05 Å². The molecule has 0 fully saturated rings. The lowest BCUT2D eigenvalue weighted by atomic mass is 9.96. The van der Waals surface area contributed by atoms with Crippen molar-refractivity contribution in [1.82, 2.24) is 24.9 Å². The summed E-state index contributed by atoms with van der Waals surface area (Å²) in [6.45, 7) is 6.15. The van der Waals surface area contributed by atoms with E-state index in [9.17, 15) is 0 Å². The molecule has 0 amide bonds. The number of aromatic nitrogens is 5. The summed E-state index contributed by atoms with van der Waals surface area (Å²) in [5.74, 6) is 1.16. The van der Waals surface area contributed by atoms with Gasteiger partial charge in [-0.25, -0.2) is 0 Å². The first-order valence-electron chi connectivity index (χ1n) is 6.74. The smallest absolute Gasteiger partial charge is 0.260 e. The Hall–Kier alpha value is -2.50. The molecule has 0 aliphatic carbocycles. The average molecular weight is 283 g/mol. The number of hydrogen-bond acceptors (Lipinski definition) is 5. The van der Waals surface area contributed by atoms with Crippen molar-refractivity contribution >= 4 is 0 Å². The van der Waals surface area contributed by atoms with Crippen molar-refractivity contribution in [2.45, 2.75) is 26.2 Å². The molecule has 0 spiro atoms. The lowest BCUT2D eigenvalue weighted by Gasteiger charge is -2.10. The summed E-state index contributed by atoms with van der Waals surface area (Å²) in [5.41, 5.74) is 2.37. The zero-order valence-corrected chi connectivity index (χ0v) is 12.5. The Balaban J connectivity index is 2.09. The maximum absolute atomic E-state index is 5.42. The van der Waals surface area contributed by atoms with Gasteiger partial charge in [0.25, 0.3) is 5.89 Å². The van der Waals surface area contributed by atoms with Crippen LogP contribution in [0.5, 0.6) is 0 Å². The minimum atomic E-state index is -0.154. The molecule has 0 bridgehead atoms. The predicted molar refractivity (Wildman–Crippen MR) is 78.4 cm³/mol. The minimum absolute atomic E-state index is 0.154. The van der Waals surface area contributed by atoms with Crippen LogP contribution in [0.2, 0.25) is 0 Å². The third kappa shape index (κ3) is 2.56. The lowest BCUT2D eigenvalue weighted by molar-refractivity contribution is 0.402. The van der Waals surface area contributed by atoms with Crippen LogP contribution in [0.3, 0.4) is 0 Å². The van der Waals surface area contributed by atoms with Crippen molar-refractivity contribution in [3.05, 3.63) is 36.5 Å². The molecule has 6 nitrogen and oxygen atoms in total. The first-order valence-corrected chi connectivity index (χ1v) is 6.74. The van der Waals surface area contributed by atoms with Crippen LogP contribution in [0.15, 0.2) is 35.2 Å². The normalized spacial score (nSPS) is 11.8. The number of aryl methyl sites for hydroxylation is 1. The number of pyridine rings is 1. The number of rotatable bonds is 2. The molecular weight excluding hydrogens is 266 g/mol. The molecule has 21 heavy (non-hydrogen) atoms. The summed E-state index contributed by atoms with van der Waals surface area (Å²) in [6.07, 6.45) is 5.42. The van der Waals surface area contributed by atoms with Gasteiger partial charge in [0.1, 0.15) is 0 Å². The highest BCUT2D eigenvalue weighted by atomic mass is 16.5. The molecular formula is C15H17N5O. The summed E-state index contributed by atoms with van der Waals surface area (Å²) in [5, 5.41) is 8.25. The fraction of sp³-hybridized carbons (Fsp3) is 0.333. The van der Waals surface area contributed by atoms with Gasteiger partial charge < -0.3 is 4.52 Å². The van der Waals surface area contributed by atoms with Gasteiger partial charge in [0.2, 0.25) is 0 Å². The minimum Gasteiger partial charge on any atom is -0.334 e. The Bertz CT molecular complexity index is 766.